The Balaban J connectivity index is 1.52. The zero-order chi connectivity index (χ0) is 25.7. The second-order valence-corrected chi connectivity index (χ2v) is 9.02. The summed E-state index contributed by atoms with van der Waals surface area (Å²) in [4.78, 5) is 44.0. The van der Waals surface area contributed by atoms with Gasteiger partial charge in [0.25, 0.3) is 11.8 Å². The second kappa shape index (κ2) is 11.2. The van der Waals surface area contributed by atoms with Crippen molar-refractivity contribution in [2.24, 2.45) is 5.73 Å². The third-order valence-corrected chi connectivity index (χ3v) is 5.92. The summed E-state index contributed by atoms with van der Waals surface area (Å²) in [6.07, 6.45) is 3.74. The van der Waals surface area contributed by atoms with Crippen LogP contribution in [0.2, 0.25) is 0 Å². The molecule has 10 nitrogen and oxygen atoms in total. The molecular weight excluding hydrogens is 460 g/mol. The largest absolute Gasteiger partial charge is 0.373 e. The maximum Gasteiger partial charge on any atom is 0.287 e. The van der Waals surface area contributed by atoms with Crippen molar-refractivity contribution >= 4 is 17.6 Å². The summed E-state index contributed by atoms with van der Waals surface area (Å²) in [6, 6.07) is 13.1. The predicted octanol–water partition coefficient (Wildman–Crippen LogP) is 1.27. The third kappa shape index (κ3) is 6.21. The number of aromatic nitrogens is 3. The highest BCUT2D eigenvalue weighted by Crippen LogP contribution is 2.16. The van der Waals surface area contributed by atoms with Gasteiger partial charge in [0.05, 0.1) is 23.5 Å². The van der Waals surface area contributed by atoms with E-state index in [9.17, 15) is 14.4 Å². The number of Topliss-reactive ketones (excluding diaryl/α,β-unsaturated/α-hetero) is 1. The highest BCUT2D eigenvalue weighted by atomic mass is 16.5. The first-order chi connectivity index (χ1) is 17.3. The number of nitrogens with two attached hydrogens (primary N) is 1. The van der Waals surface area contributed by atoms with E-state index in [4.69, 9.17) is 10.5 Å². The monoisotopic (exact) mass is 490 g/mol. The number of hydrogen-bond acceptors (Lipinski definition) is 7. The van der Waals surface area contributed by atoms with Gasteiger partial charge < -0.3 is 15.8 Å². The zero-order valence-corrected chi connectivity index (χ0v) is 20.3. The van der Waals surface area contributed by atoms with Gasteiger partial charge in [0.2, 0.25) is 5.78 Å². The summed E-state index contributed by atoms with van der Waals surface area (Å²) < 4.78 is 7.34. The molecule has 1 unspecified atom stereocenters. The molecular formula is C26H30N6O4. The Morgan fingerprint density at radius 3 is 2.50 bits per heavy atom. The lowest BCUT2D eigenvalue weighted by molar-refractivity contribution is -0.137. The molecule has 2 aromatic heterocycles. The van der Waals surface area contributed by atoms with E-state index in [2.05, 4.69) is 20.3 Å². The molecule has 3 aromatic rings. The lowest BCUT2D eigenvalue weighted by atomic mass is 10.0. The van der Waals surface area contributed by atoms with Gasteiger partial charge in [0, 0.05) is 38.4 Å². The average molecular weight is 491 g/mol. The second-order valence-electron chi connectivity index (χ2n) is 9.02. The van der Waals surface area contributed by atoms with Crippen LogP contribution in [0, 0.1) is 0 Å². The molecule has 188 valence electrons. The highest BCUT2D eigenvalue weighted by Gasteiger charge is 2.27. The number of primary amides is 1. The van der Waals surface area contributed by atoms with Crippen molar-refractivity contribution in [1.82, 2.24) is 25.0 Å². The van der Waals surface area contributed by atoms with Gasteiger partial charge >= 0.3 is 0 Å². The summed E-state index contributed by atoms with van der Waals surface area (Å²) in [7, 11) is 0. The Morgan fingerprint density at radius 1 is 1.08 bits per heavy atom. The Labute approximate surface area is 209 Å². The van der Waals surface area contributed by atoms with Crippen LogP contribution in [0.5, 0.6) is 0 Å². The maximum absolute atomic E-state index is 13.2. The lowest BCUT2D eigenvalue weighted by Gasteiger charge is -2.34. The van der Waals surface area contributed by atoms with Gasteiger partial charge in [0.15, 0.2) is 5.82 Å². The fourth-order valence-corrected chi connectivity index (χ4v) is 4.43. The normalized spacial score (nSPS) is 18.9. The topological polar surface area (TPSA) is 132 Å². The summed E-state index contributed by atoms with van der Waals surface area (Å²) in [6.45, 7) is 6.37. The minimum Gasteiger partial charge on any atom is -0.373 e. The van der Waals surface area contributed by atoms with Crippen molar-refractivity contribution in [2.75, 3.05) is 13.1 Å². The van der Waals surface area contributed by atoms with Crippen molar-refractivity contribution in [3.63, 3.8) is 0 Å². The van der Waals surface area contributed by atoms with Gasteiger partial charge in [-0.1, -0.05) is 30.3 Å². The molecule has 3 heterocycles. The van der Waals surface area contributed by atoms with Crippen molar-refractivity contribution in [1.29, 1.82) is 0 Å². The third-order valence-electron chi connectivity index (χ3n) is 5.92. The number of nitrogens with zero attached hydrogens (tertiary/aromatic N) is 4. The van der Waals surface area contributed by atoms with Crippen LogP contribution < -0.4 is 11.1 Å². The number of ketones is 1. The molecule has 1 fully saturated rings. The van der Waals surface area contributed by atoms with Crippen molar-refractivity contribution in [3.05, 3.63) is 77.7 Å². The van der Waals surface area contributed by atoms with Crippen molar-refractivity contribution < 1.29 is 19.1 Å². The molecule has 2 amide bonds. The Hall–Kier alpha value is -3.89. The summed E-state index contributed by atoms with van der Waals surface area (Å²) >= 11 is 0. The predicted molar refractivity (Wildman–Crippen MR) is 132 cm³/mol. The van der Waals surface area contributed by atoms with E-state index in [1.807, 2.05) is 50.2 Å². The quantitative estimate of drug-likeness (QED) is 0.432. The van der Waals surface area contributed by atoms with E-state index in [1.54, 1.807) is 29.2 Å². The summed E-state index contributed by atoms with van der Waals surface area (Å²) in [5.74, 6) is -2.21. The van der Waals surface area contributed by atoms with E-state index in [1.165, 1.54) is 0 Å². The van der Waals surface area contributed by atoms with Gasteiger partial charge in [-0.2, -0.15) is 5.10 Å². The SMILES string of the molecule is C[C@H]1CN(Cc2ccn(-c3ncccc3C(=O)NC(Cc3ccccc3)C(=O)C(N)=O)n2)C[C@H](C)O1. The van der Waals surface area contributed by atoms with Crippen molar-refractivity contribution in [3.8, 4) is 5.82 Å². The molecule has 1 aromatic carbocycles. The molecule has 0 radical (unpaired) electrons. The molecule has 1 aliphatic heterocycles. The fraction of sp³-hybridized carbons (Fsp3) is 0.346. The number of amides is 2. The molecule has 1 aliphatic rings. The summed E-state index contributed by atoms with van der Waals surface area (Å²) in [5.41, 5.74) is 7.08. The van der Waals surface area contributed by atoms with Crippen LogP contribution in [-0.4, -0.2) is 68.6 Å². The van der Waals surface area contributed by atoms with Gasteiger partial charge in [-0.15, -0.1) is 0 Å². The van der Waals surface area contributed by atoms with Crippen LogP contribution >= 0.6 is 0 Å². The number of nitrogens with one attached hydrogen (secondary N) is 1. The molecule has 0 saturated carbocycles. The molecule has 36 heavy (non-hydrogen) atoms. The number of ether oxygens (including phenoxy) is 1. The standard InChI is InChI=1S/C26H30N6O4/c1-17-14-31(15-18(2)36-17)16-20-10-12-32(30-20)25-21(9-6-11-28-25)26(35)29-22(23(33)24(27)34)13-19-7-4-3-5-8-19/h3-12,17-18,22H,13-16H2,1-2H3,(H2,27,34)(H,29,35)/t17-,18-,22?/m0/s1. The number of carbonyl (C=O) groups excluding carboxylic acids is 3. The van der Waals surface area contributed by atoms with Gasteiger partial charge in [-0.05, 0) is 37.6 Å². The van der Waals surface area contributed by atoms with E-state index in [0.29, 0.717) is 12.4 Å². The summed E-state index contributed by atoms with van der Waals surface area (Å²) in [5, 5.41) is 7.29. The van der Waals surface area contributed by atoms with Gasteiger partial charge in [0.1, 0.15) is 6.04 Å². The van der Waals surface area contributed by atoms with E-state index < -0.39 is 23.6 Å². The lowest BCUT2D eigenvalue weighted by Crippen LogP contribution is -2.47. The number of morpholine rings is 1. The fourth-order valence-electron chi connectivity index (χ4n) is 4.43. The first-order valence-electron chi connectivity index (χ1n) is 11.9. The molecule has 10 heteroatoms. The van der Waals surface area contributed by atoms with Crippen LogP contribution in [0.15, 0.2) is 60.9 Å². The average Bonchev–Trinajstić information content (AvgIpc) is 3.31. The number of pyridine rings is 1. The maximum atomic E-state index is 13.2. The van der Waals surface area contributed by atoms with Crippen LogP contribution in [0.3, 0.4) is 0 Å². The zero-order valence-electron chi connectivity index (χ0n) is 20.3. The Bertz CT molecular complexity index is 1220. The molecule has 0 bridgehead atoms. The smallest absolute Gasteiger partial charge is 0.287 e. The number of rotatable bonds is 9. The van der Waals surface area contributed by atoms with Crippen molar-refractivity contribution in [2.45, 2.75) is 45.1 Å². The first kappa shape index (κ1) is 25.2. The Kier molecular flexibility index (Phi) is 7.87. The molecule has 3 N–H and O–H groups in total. The molecule has 3 atom stereocenters. The van der Waals surface area contributed by atoms with Crippen LogP contribution in [0.1, 0.15) is 35.5 Å². The minimum atomic E-state index is -1.11. The number of hydrogen-bond donors (Lipinski definition) is 2. The number of benzene rings is 1. The first-order valence-corrected chi connectivity index (χ1v) is 11.9. The molecule has 1 saturated heterocycles. The number of carbonyl (C=O) groups is 3. The molecule has 0 aliphatic carbocycles. The molecule has 4 rings (SSSR count). The molecule has 0 spiro atoms. The van der Waals surface area contributed by atoms with Gasteiger partial charge in [-0.3, -0.25) is 19.3 Å². The highest BCUT2D eigenvalue weighted by molar-refractivity contribution is 6.38. The van der Waals surface area contributed by atoms with Crippen LogP contribution in [-0.2, 0) is 27.3 Å². The van der Waals surface area contributed by atoms with E-state index in [0.717, 1.165) is 24.3 Å². The van der Waals surface area contributed by atoms with Gasteiger partial charge in [-0.25, -0.2) is 9.67 Å². The Morgan fingerprint density at radius 2 is 1.81 bits per heavy atom. The van der Waals surface area contributed by atoms with E-state index in [-0.39, 0.29) is 24.2 Å². The van der Waals surface area contributed by atoms with Crippen LogP contribution in [0.25, 0.3) is 5.82 Å². The van der Waals surface area contributed by atoms with E-state index >= 15 is 0 Å². The van der Waals surface area contributed by atoms with Crippen LogP contribution in [0.4, 0.5) is 0 Å². The minimum absolute atomic E-state index is 0.131.